The van der Waals surface area contributed by atoms with E-state index >= 15 is 0 Å². The SMILES string of the molecule is COc1ccccc1C(CN)Oc1cc(F)ccc1F. The van der Waals surface area contributed by atoms with E-state index < -0.39 is 17.7 Å². The lowest BCUT2D eigenvalue weighted by Crippen LogP contribution is -2.19. The summed E-state index contributed by atoms with van der Waals surface area (Å²) in [7, 11) is 1.52. The molecule has 2 aromatic carbocycles. The van der Waals surface area contributed by atoms with E-state index in [1.54, 1.807) is 24.3 Å². The van der Waals surface area contributed by atoms with Crippen molar-refractivity contribution in [1.29, 1.82) is 0 Å². The van der Waals surface area contributed by atoms with Gasteiger partial charge in [-0.2, -0.15) is 0 Å². The van der Waals surface area contributed by atoms with Crippen molar-refractivity contribution in [3.63, 3.8) is 0 Å². The molecule has 1 atom stereocenters. The third kappa shape index (κ3) is 3.05. The quantitative estimate of drug-likeness (QED) is 0.915. The molecule has 0 amide bonds. The molecular formula is C15H15F2NO2. The molecule has 106 valence electrons. The second-order valence-corrected chi connectivity index (χ2v) is 4.16. The van der Waals surface area contributed by atoms with Crippen LogP contribution in [0, 0.1) is 11.6 Å². The maximum absolute atomic E-state index is 13.6. The van der Waals surface area contributed by atoms with Gasteiger partial charge in [0.2, 0.25) is 0 Å². The number of ether oxygens (including phenoxy) is 2. The van der Waals surface area contributed by atoms with Crippen LogP contribution in [0.4, 0.5) is 8.78 Å². The van der Waals surface area contributed by atoms with Gasteiger partial charge in [0.05, 0.1) is 7.11 Å². The van der Waals surface area contributed by atoms with Crippen molar-refractivity contribution < 1.29 is 18.3 Å². The molecule has 0 fully saturated rings. The zero-order valence-corrected chi connectivity index (χ0v) is 11.0. The smallest absolute Gasteiger partial charge is 0.165 e. The topological polar surface area (TPSA) is 44.5 Å². The van der Waals surface area contributed by atoms with Crippen LogP contribution in [-0.4, -0.2) is 13.7 Å². The van der Waals surface area contributed by atoms with E-state index in [4.69, 9.17) is 15.2 Å². The Kier molecular flexibility index (Phi) is 4.53. The summed E-state index contributed by atoms with van der Waals surface area (Å²) in [6.07, 6.45) is -0.623. The molecule has 0 spiro atoms. The highest BCUT2D eigenvalue weighted by atomic mass is 19.1. The molecule has 0 bridgehead atoms. The fraction of sp³-hybridized carbons (Fsp3) is 0.200. The van der Waals surface area contributed by atoms with Gasteiger partial charge < -0.3 is 15.2 Å². The van der Waals surface area contributed by atoms with Crippen LogP contribution in [0.5, 0.6) is 11.5 Å². The van der Waals surface area contributed by atoms with E-state index in [0.29, 0.717) is 11.3 Å². The normalized spacial score (nSPS) is 12.0. The second-order valence-electron chi connectivity index (χ2n) is 4.16. The largest absolute Gasteiger partial charge is 0.496 e. The molecule has 1 unspecified atom stereocenters. The van der Waals surface area contributed by atoms with Gasteiger partial charge >= 0.3 is 0 Å². The van der Waals surface area contributed by atoms with Crippen LogP contribution in [0.2, 0.25) is 0 Å². The maximum atomic E-state index is 13.6. The fourth-order valence-electron chi connectivity index (χ4n) is 1.89. The van der Waals surface area contributed by atoms with Crippen LogP contribution in [0.3, 0.4) is 0 Å². The van der Waals surface area contributed by atoms with Gasteiger partial charge in [0.1, 0.15) is 17.7 Å². The van der Waals surface area contributed by atoms with Gasteiger partial charge in [-0.3, -0.25) is 0 Å². The van der Waals surface area contributed by atoms with Gasteiger partial charge in [0.15, 0.2) is 11.6 Å². The molecule has 2 rings (SSSR count). The van der Waals surface area contributed by atoms with E-state index in [-0.39, 0.29) is 12.3 Å². The summed E-state index contributed by atoms with van der Waals surface area (Å²) in [5, 5.41) is 0. The number of benzene rings is 2. The third-order valence-corrected chi connectivity index (χ3v) is 2.86. The van der Waals surface area contributed by atoms with Crippen molar-refractivity contribution in [2.45, 2.75) is 6.10 Å². The second kappa shape index (κ2) is 6.34. The number of rotatable bonds is 5. The van der Waals surface area contributed by atoms with Gasteiger partial charge in [-0.15, -0.1) is 0 Å². The number of methoxy groups -OCH3 is 1. The molecule has 20 heavy (non-hydrogen) atoms. The van der Waals surface area contributed by atoms with Gasteiger partial charge in [0.25, 0.3) is 0 Å². The van der Waals surface area contributed by atoms with E-state index in [9.17, 15) is 8.78 Å². The lowest BCUT2D eigenvalue weighted by atomic mass is 10.1. The van der Waals surface area contributed by atoms with Crippen LogP contribution < -0.4 is 15.2 Å². The number of para-hydroxylation sites is 1. The van der Waals surface area contributed by atoms with E-state index in [0.717, 1.165) is 18.2 Å². The van der Waals surface area contributed by atoms with Gasteiger partial charge in [-0.05, 0) is 18.2 Å². The van der Waals surface area contributed by atoms with Gasteiger partial charge in [-0.25, -0.2) is 8.78 Å². The van der Waals surface area contributed by atoms with Crippen LogP contribution in [-0.2, 0) is 0 Å². The first-order valence-corrected chi connectivity index (χ1v) is 6.10. The number of nitrogens with two attached hydrogens (primary N) is 1. The Morgan fingerprint density at radius 2 is 1.85 bits per heavy atom. The summed E-state index contributed by atoms with van der Waals surface area (Å²) in [5.74, 6) is -0.803. The maximum Gasteiger partial charge on any atom is 0.165 e. The Labute approximate surface area is 115 Å². The van der Waals surface area contributed by atoms with Crippen molar-refractivity contribution in [3.8, 4) is 11.5 Å². The molecule has 2 N–H and O–H groups in total. The first-order chi connectivity index (χ1) is 9.65. The molecular weight excluding hydrogens is 264 g/mol. The average Bonchev–Trinajstić information content (AvgIpc) is 2.48. The van der Waals surface area contributed by atoms with E-state index in [1.807, 2.05) is 0 Å². The summed E-state index contributed by atoms with van der Waals surface area (Å²) in [6.45, 7) is 0.107. The predicted octanol–water partition coefficient (Wildman–Crippen LogP) is 3.05. The van der Waals surface area contributed by atoms with E-state index in [1.165, 1.54) is 7.11 Å². The summed E-state index contributed by atoms with van der Waals surface area (Å²) < 4.78 is 37.4. The summed E-state index contributed by atoms with van der Waals surface area (Å²) in [4.78, 5) is 0. The Balaban J connectivity index is 2.31. The zero-order chi connectivity index (χ0) is 14.5. The standard InChI is InChI=1S/C15H15F2NO2/c1-19-13-5-3-2-4-11(13)15(9-18)20-14-8-10(16)6-7-12(14)17/h2-8,15H,9,18H2,1H3. The molecule has 0 aromatic heterocycles. The number of hydrogen-bond donors (Lipinski definition) is 1. The molecule has 3 nitrogen and oxygen atoms in total. The van der Waals surface area contributed by atoms with Crippen LogP contribution >= 0.6 is 0 Å². The van der Waals surface area contributed by atoms with E-state index in [2.05, 4.69) is 0 Å². The monoisotopic (exact) mass is 279 g/mol. The Morgan fingerprint density at radius 1 is 1.10 bits per heavy atom. The molecule has 0 aliphatic heterocycles. The Hall–Kier alpha value is -2.14. The summed E-state index contributed by atoms with van der Waals surface area (Å²) in [6, 6.07) is 10.2. The molecule has 0 saturated heterocycles. The third-order valence-electron chi connectivity index (χ3n) is 2.86. The molecule has 0 radical (unpaired) electrons. The molecule has 2 aromatic rings. The van der Waals surface area contributed by atoms with Crippen LogP contribution in [0.25, 0.3) is 0 Å². The lowest BCUT2D eigenvalue weighted by molar-refractivity contribution is 0.199. The highest BCUT2D eigenvalue weighted by molar-refractivity contribution is 5.36. The fourth-order valence-corrected chi connectivity index (χ4v) is 1.89. The van der Waals surface area contributed by atoms with Crippen molar-refractivity contribution in [1.82, 2.24) is 0 Å². The first kappa shape index (κ1) is 14.3. The Morgan fingerprint density at radius 3 is 2.55 bits per heavy atom. The molecule has 0 saturated carbocycles. The van der Waals surface area contributed by atoms with Gasteiger partial charge in [-0.1, -0.05) is 18.2 Å². The molecule has 0 aliphatic rings. The minimum atomic E-state index is -0.639. The van der Waals surface area contributed by atoms with Crippen molar-refractivity contribution in [2.75, 3.05) is 13.7 Å². The van der Waals surface area contributed by atoms with Crippen molar-refractivity contribution in [2.24, 2.45) is 5.73 Å². The van der Waals surface area contributed by atoms with Crippen molar-refractivity contribution >= 4 is 0 Å². The van der Waals surface area contributed by atoms with Crippen LogP contribution in [0.1, 0.15) is 11.7 Å². The van der Waals surface area contributed by atoms with Crippen LogP contribution in [0.15, 0.2) is 42.5 Å². The Bertz CT molecular complexity index is 590. The molecule has 0 aliphatic carbocycles. The number of halogens is 2. The predicted molar refractivity (Wildman–Crippen MR) is 71.8 cm³/mol. The summed E-state index contributed by atoms with van der Waals surface area (Å²) in [5.41, 5.74) is 6.35. The highest BCUT2D eigenvalue weighted by Gasteiger charge is 2.18. The number of hydrogen-bond acceptors (Lipinski definition) is 3. The highest BCUT2D eigenvalue weighted by Crippen LogP contribution is 2.30. The minimum absolute atomic E-state index is 0.107. The molecule has 0 heterocycles. The first-order valence-electron chi connectivity index (χ1n) is 6.10. The average molecular weight is 279 g/mol. The van der Waals surface area contributed by atoms with Gasteiger partial charge in [0, 0.05) is 18.2 Å². The zero-order valence-electron chi connectivity index (χ0n) is 11.0. The molecule has 5 heteroatoms. The van der Waals surface area contributed by atoms with Crippen molar-refractivity contribution in [3.05, 3.63) is 59.7 Å². The summed E-state index contributed by atoms with van der Waals surface area (Å²) >= 11 is 0. The minimum Gasteiger partial charge on any atom is -0.496 e. The lowest BCUT2D eigenvalue weighted by Gasteiger charge is -2.20.